The Bertz CT molecular complexity index is 463. The van der Waals surface area contributed by atoms with Gasteiger partial charge in [-0.1, -0.05) is 18.5 Å². The summed E-state index contributed by atoms with van der Waals surface area (Å²) in [7, 11) is 0. The monoisotopic (exact) mass is 239 g/mol. The van der Waals surface area contributed by atoms with Crippen molar-refractivity contribution in [2.75, 3.05) is 5.32 Å². The maximum Gasteiger partial charge on any atom is 0.166 e. The molecule has 0 saturated heterocycles. The zero-order valence-corrected chi connectivity index (χ0v) is 9.60. The Kier molecular flexibility index (Phi) is 2.73. The van der Waals surface area contributed by atoms with Crippen LogP contribution in [-0.4, -0.2) is 10.5 Å². The van der Waals surface area contributed by atoms with E-state index in [1.54, 1.807) is 6.07 Å². The van der Waals surface area contributed by atoms with Gasteiger partial charge in [-0.05, 0) is 25.3 Å². The molecule has 0 radical (unpaired) electrons. The van der Waals surface area contributed by atoms with Crippen LogP contribution in [0.25, 0.3) is 0 Å². The number of hydrogen-bond acceptors (Lipinski definition) is 3. The highest BCUT2D eigenvalue weighted by atomic mass is 35.5. The summed E-state index contributed by atoms with van der Waals surface area (Å²) in [5, 5.41) is 11.8. The van der Waals surface area contributed by atoms with Crippen LogP contribution in [0.4, 0.5) is 10.2 Å². The normalized spacial score (nSPS) is 16.6. The SMILES string of the molecule is CCC1(Nc2nc(Cl)c(C#N)cc2F)CC1. The third kappa shape index (κ3) is 1.96. The van der Waals surface area contributed by atoms with E-state index in [9.17, 15) is 4.39 Å². The number of nitrogens with zero attached hydrogens (tertiary/aromatic N) is 2. The second kappa shape index (κ2) is 3.91. The Hall–Kier alpha value is -1.34. The number of rotatable bonds is 3. The topological polar surface area (TPSA) is 48.7 Å². The highest BCUT2D eigenvalue weighted by Crippen LogP contribution is 2.42. The molecule has 1 aliphatic carbocycles. The van der Waals surface area contributed by atoms with E-state index in [1.165, 1.54) is 0 Å². The fourth-order valence-corrected chi connectivity index (χ4v) is 1.78. The Labute approximate surface area is 98.2 Å². The molecule has 0 amide bonds. The van der Waals surface area contributed by atoms with Crippen molar-refractivity contribution in [3.05, 3.63) is 22.6 Å². The van der Waals surface area contributed by atoms with E-state index in [1.807, 2.05) is 6.92 Å². The van der Waals surface area contributed by atoms with E-state index in [-0.39, 0.29) is 22.1 Å². The fraction of sp³-hybridized carbons (Fsp3) is 0.455. The van der Waals surface area contributed by atoms with E-state index >= 15 is 0 Å². The van der Waals surface area contributed by atoms with Gasteiger partial charge < -0.3 is 5.32 Å². The number of aromatic nitrogens is 1. The molecule has 1 N–H and O–H groups in total. The molecule has 1 fully saturated rings. The van der Waals surface area contributed by atoms with Gasteiger partial charge in [0.2, 0.25) is 0 Å². The van der Waals surface area contributed by atoms with Crippen molar-refractivity contribution in [1.29, 1.82) is 5.26 Å². The first kappa shape index (κ1) is 11.2. The fourth-order valence-electron chi connectivity index (χ4n) is 1.60. The van der Waals surface area contributed by atoms with Gasteiger partial charge in [0.15, 0.2) is 11.6 Å². The Balaban J connectivity index is 2.29. The molecule has 16 heavy (non-hydrogen) atoms. The van der Waals surface area contributed by atoms with Crippen LogP contribution in [0.15, 0.2) is 6.07 Å². The summed E-state index contributed by atoms with van der Waals surface area (Å²) in [5.74, 6) is -0.385. The van der Waals surface area contributed by atoms with Crippen LogP contribution < -0.4 is 5.32 Å². The third-order valence-electron chi connectivity index (χ3n) is 2.96. The second-order valence-electron chi connectivity index (χ2n) is 4.03. The van der Waals surface area contributed by atoms with Gasteiger partial charge in [-0.3, -0.25) is 0 Å². The maximum absolute atomic E-state index is 13.6. The zero-order chi connectivity index (χ0) is 11.8. The lowest BCUT2D eigenvalue weighted by Crippen LogP contribution is -2.21. The highest BCUT2D eigenvalue weighted by Gasteiger charge is 2.41. The molecule has 1 aromatic rings. The van der Waals surface area contributed by atoms with Crippen LogP contribution in [0.2, 0.25) is 5.15 Å². The molecule has 1 heterocycles. The lowest BCUT2D eigenvalue weighted by atomic mass is 10.2. The van der Waals surface area contributed by atoms with E-state index in [2.05, 4.69) is 10.3 Å². The van der Waals surface area contributed by atoms with Gasteiger partial charge in [0.25, 0.3) is 0 Å². The molecular formula is C11H11ClFN3. The Morgan fingerprint density at radius 3 is 2.88 bits per heavy atom. The van der Waals surface area contributed by atoms with Crippen molar-refractivity contribution < 1.29 is 4.39 Å². The van der Waals surface area contributed by atoms with E-state index in [4.69, 9.17) is 16.9 Å². The van der Waals surface area contributed by atoms with Crippen molar-refractivity contribution in [2.45, 2.75) is 31.7 Å². The summed E-state index contributed by atoms with van der Waals surface area (Å²) in [5.41, 5.74) is 0.0387. The largest absolute Gasteiger partial charge is 0.362 e. The summed E-state index contributed by atoms with van der Waals surface area (Å²) in [4.78, 5) is 3.87. The minimum Gasteiger partial charge on any atom is -0.362 e. The minimum absolute atomic E-state index is 0.0225. The summed E-state index contributed by atoms with van der Waals surface area (Å²) in [6.45, 7) is 2.04. The van der Waals surface area contributed by atoms with Gasteiger partial charge >= 0.3 is 0 Å². The number of hydrogen-bond donors (Lipinski definition) is 1. The molecule has 3 nitrogen and oxygen atoms in total. The standard InChI is InChI=1S/C11H11ClFN3/c1-2-11(3-4-11)16-10-8(13)5-7(6-14)9(12)15-10/h5H,2-4H2,1H3,(H,15,16). The predicted molar refractivity (Wildman–Crippen MR) is 59.8 cm³/mol. The van der Waals surface area contributed by atoms with Gasteiger partial charge in [0.05, 0.1) is 5.56 Å². The Morgan fingerprint density at radius 1 is 1.69 bits per heavy atom. The molecule has 0 unspecified atom stereocenters. The van der Waals surface area contributed by atoms with Crippen LogP contribution in [0, 0.1) is 17.1 Å². The first-order valence-electron chi connectivity index (χ1n) is 5.14. The van der Waals surface area contributed by atoms with Crippen LogP contribution in [0.5, 0.6) is 0 Å². The Morgan fingerprint density at radius 2 is 2.38 bits per heavy atom. The summed E-state index contributed by atoms with van der Waals surface area (Å²) < 4.78 is 13.6. The lowest BCUT2D eigenvalue weighted by molar-refractivity contribution is 0.611. The number of pyridine rings is 1. The molecule has 0 aromatic carbocycles. The highest BCUT2D eigenvalue weighted by molar-refractivity contribution is 6.30. The van der Waals surface area contributed by atoms with Crippen molar-refractivity contribution in [1.82, 2.24) is 4.98 Å². The lowest BCUT2D eigenvalue weighted by Gasteiger charge is -2.16. The smallest absolute Gasteiger partial charge is 0.166 e. The molecule has 84 valence electrons. The summed E-state index contributed by atoms with van der Waals surface area (Å²) >= 11 is 5.75. The van der Waals surface area contributed by atoms with E-state index < -0.39 is 5.82 Å². The summed E-state index contributed by atoms with van der Waals surface area (Å²) in [6.07, 6.45) is 2.95. The number of halogens is 2. The van der Waals surface area contributed by atoms with Crippen LogP contribution in [0.1, 0.15) is 31.7 Å². The maximum atomic E-state index is 13.6. The van der Waals surface area contributed by atoms with Gasteiger partial charge in [-0.15, -0.1) is 0 Å². The quantitative estimate of drug-likeness (QED) is 0.825. The van der Waals surface area contributed by atoms with Crippen LogP contribution in [-0.2, 0) is 0 Å². The van der Waals surface area contributed by atoms with Crippen molar-refractivity contribution in [3.8, 4) is 6.07 Å². The number of anilines is 1. The molecule has 1 saturated carbocycles. The zero-order valence-electron chi connectivity index (χ0n) is 8.85. The van der Waals surface area contributed by atoms with Gasteiger partial charge in [-0.2, -0.15) is 5.26 Å². The summed E-state index contributed by atoms with van der Waals surface area (Å²) in [6, 6.07) is 2.91. The van der Waals surface area contributed by atoms with Gasteiger partial charge in [0.1, 0.15) is 11.2 Å². The molecule has 5 heteroatoms. The third-order valence-corrected chi connectivity index (χ3v) is 3.25. The molecular weight excluding hydrogens is 229 g/mol. The van der Waals surface area contributed by atoms with E-state index in [0.717, 1.165) is 25.3 Å². The average Bonchev–Trinajstić information content (AvgIpc) is 3.03. The molecule has 0 aliphatic heterocycles. The molecule has 0 atom stereocenters. The molecule has 1 aliphatic rings. The number of nitriles is 1. The first-order chi connectivity index (χ1) is 7.60. The van der Waals surface area contributed by atoms with Gasteiger partial charge in [0, 0.05) is 5.54 Å². The van der Waals surface area contributed by atoms with E-state index in [0.29, 0.717) is 0 Å². The van der Waals surface area contributed by atoms with Gasteiger partial charge in [-0.25, -0.2) is 9.37 Å². The minimum atomic E-state index is -0.527. The molecule has 0 spiro atoms. The molecule has 2 rings (SSSR count). The number of nitrogens with one attached hydrogen (secondary N) is 1. The predicted octanol–water partition coefficient (Wildman–Crippen LogP) is 3.10. The molecule has 0 bridgehead atoms. The van der Waals surface area contributed by atoms with Crippen molar-refractivity contribution >= 4 is 17.4 Å². The molecule has 1 aromatic heterocycles. The van der Waals surface area contributed by atoms with Crippen molar-refractivity contribution in [3.63, 3.8) is 0 Å². The second-order valence-corrected chi connectivity index (χ2v) is 4.39. The van der Waals surface area contributed by atoms with Crippen LogP contribution in [0.3, 0.4) is 0 Å². The van der Waals surface area contributed by atoms with Crippen LogP contribution >= 0.6 is 11.6 Å². The first-order valence-corrected chi connectivity index (χ1v) is 5.52. The average molecular weight is 240 g/mol. The van der Waals surface area contributed by atoms with Crippen molar-refractivity contribution in [2.24, 2.45) is 0 Å².